The largest absolute Gasteiger partial charge is 0.504 e. The molecule has 0 bridgehead atoms. The number of hydrogen-bond acceptors (Lipinski definition) is 5. The van der Waals surface area contributed by atoms with Crippen LogP contribution in [-0.4, -0.2) is 30.1 Å². The zero-order valence-electron chi connectivity index (χ0n) is 11.8. The van der Waals surface area contributed by atoms with Gasteiger partial charge in [-0.3, -0.25) is 4.79 Å². The van der Waals surface area contributed by atoms with Gasteiger partial charge in [0.1, 0.15) is 0 Å². The summed E-state index contributed by atoms with van der Waals surface area (Å²) in [5.74, 6) is -1.09. The fourth-order valence-electron chi connectivity index (χ4n) is 1.66. The number of aromatic hydroxyl groups is 1. The van der Waals surface area contributed by atoms with E-state index in [0.717, 1.165) is 0 Å². The first-order valence-corrected chi connectivity index (χ1v) is 7.27. The first-order valence-electron chi connectivity index (χ1n) is 6.52. The van der Waals surface area contributed by atoms with E-state index in [0.29, 0.717) is 5.02 Å². The first kappa shape index (κ1) is 17.1. The minimum absolute atomic E-state index is 0.0906. The molecule has 120 valence electrons. The lowest BCUT2D eigenvalue weighted by molar-refractivity contribution is -0.144. The predicted octanol–water partition coefficient (Wildman–Crippen LogP) is 3.50. The van der Waals surface area contributed by atoms with Gasteiger partial charge in [-0.05, 0) is 30.3 Å². The summed E-state index contributed by atoms with van der Waals surface area (Å²) in [4.78, 5) is 23.4. The van der Waals surface area contributed by atoms with Crippen LogP contribution in [0.1, 0.15) is 10.4 Å². The van der Waals surface area contributed by atoms with Crippen LogP contribution in [-0.2, 0) is 9.53 Å². The molecule has 0 saturated carbocycles. The van der Waals surface area contributed by atoms with E-state index in [4.69, 9.17) is 32.7 Å². The number of phenolic OH excluding ortho intramolecular Hbond substituents is 1. The number of para-hydroxylation sites is 2. The molecule has 0 aliphatic carbocycles. The summed E-state index contributed by atoms with van der Waals surface area (Å²) in [6, 6.07) is 10.6. The Morgan fingerprint density at radius 3 is 2.43 bits per heavy atom. The van der Waals surface area contributed by atoms with Gasteiger partial charge in [-0.15, -0.1) is 0 Å². The van der Waals surface area contributed by atoms with Crippen LogP contribution in [0.5, 0.6) is 11.5 Å². The molecular formula is C16H12Cl2O5. The van der Waals surface area contributed by atoms with E-state index >= 15 is 0 Å². The molecule has 0 fully saturated rings. The highest BCUT2D eigenvalue weighted by Gasteiger charge is 2.12. The molecule has 0 heterocycles. The van der Waals surface area contributed by atoms with Gasteiger partial charge in [0.25, 0.3) is 0 Å². The van der Waals surface area contributed by atoms with Crippen LogP contribution < -0.4 is 4.74 Å². The van der Waals surface area contributed by atoms with Crippen molar-refractivity contribution in [2.75, 3.05) is 13.2 Å². The summed E-state index contributed by atoms with van der Waals surface area (Å²) in [6.45, 7) is -0.868. The number of benzene rings is 2. The van der Waals surface area contributed by atoms with Crippen molar-refractivity contribution in [3.63, 3.8) is 0 Å². The Bertz CT molecular complexity index is 730. The summed E-state index contributed by atoms with van der Waals surface area (Å²) < 4.78 is 9.92. The third-order valence-electron chi connectivity index (χ3n) is 2.82. The van der Waals surface area contributed by atoms with E-state index in [1.165, 1.54) is 30.3 Å². The zero-order valence-corrected chi connectivity index (χ0v) is 13.3. The van der Waals surface area contributed by atoms with Gasteiger partial charge in [-0.2, -0.15) is 0 Å². The number of Topliss-reactive ketones (excluding diaryl/α,β-unsaturated/α-hetero) is 1. The maximum Gasteiger partial charge on any atom is 0.344 e. The number of hydrogen-bond donors (Lipinski definition) is 1. The van der Waals surface area contributed by atoms with Crippen molar-refractivity contribution in [3.8, 4) is 11.5 Å². The molecular weight excluding hydrogens is 343 g/mol. The minimum atomic E-state index is -0.735. The quantitative estimate of drug-likeness (QED) is 0.634. The summed E-state index contributed by atoms with van der Waals surface area (Å²) in [5.41, 5.74) is 0.286. The first-order chi connectivity index (χ1) is 11.0. The van der Waals surface area contributed by atoms with Crippen molar-refractivity contribution >= 4 is 35.0 Å². The molecule has 0 radical (unpaired) electrons. The molecule has 2 aromatic carbocycles. The van der Waals surface area contributed by atoms with Crippen molar-refractivity contribution in [1.29, 1.82) is 0 Å². The number of carbonyl (C=O) groups is 2. The second kappa shape index (κ2) is 7.85. The molecule has 0 aliphatic heterocycles. The Kier molecular flexibility index (Phi) is 5.84. The molecule has 5 nitrogen and oxygen atoms in total. The SMILES string of the molecule is O=C(COc1ccccc1O)OCC(=O)c1ccc(Cl)c(Cl)c1. The molecule has 0 spiro atoms. The Morgan fingerprint density at radius 1 is 1.00 bits per heavy atom. The van der Waals surface area contributed by atoms with Gasteiger partial charge in [0.15, 0.2) is 30.5 Å². The van der Waals surface area contributed by atoms with E-state index in [2.05, 4.69) is 0 Å². The second-order valence-corrected chi connectivity index (χ2v) is 5.28. The number of esters is 1. The van der Waals surface area contributed by atoms with Gasteiger partial charge >= 0.3 is 5.97 Å². The van der Waals surface area contributed by atoms with E-state index < -0.39 is 25.0 Å². The average Bonchev–Trinajstić information content (AvgIpc) is 2.54. The second-order valence-electron chi connectivity index (χ2n) is 4.47. The summed E-state index contributed by atoms with van der Waals surface area (Å²) >= 11 is 11.6. The molecule has 0 aromatic heterocycles. The lowest BCUT2D eigenvalue weighted by atomic mass is 10.1. The molecule has 2 aromatic rings. The average molecular weight is 355 g/mol. The molecule has 1 N–H and O–H groups in total. The molecule has 0 unspecified atom stereocenters. The van der Waals surface area contributed by atoms with Crippen LogP contribution >= 0.6 is 23.2 Å². The van der Waals surface area contributed by atoms with E-state index in [1.807, 2.05) is 0 Å². The predicted molar refractivity (Wildman–Crippen MR) is 85.4 cm³/mol. The number of carbonyl (C=O) groups excluding carboxylic acids is 2. The van der Waals surface area contributed by atoms with Gasteiger partial charge in [-0.25, -0.2) is 4.79 Å². The van der Waals surface area contributed by atoms with Crippen LogP contribution in [0, 0.1) is 0 Å². The third-order valence-corrected chi connectivity index (χ3v) is 3.56. The Balaban J connectivity index is 1.83. The molecule has 7 heteroatoms. The Labute approximate surface area is 142 Å². The highest BCUT2D eigenvalue weighted by Crippen LogP contribution is 2.24. The van der Waals surface area contributed by atoms with Gasteiger partial charge in [0, 0.05) is 5.56 Å². The standard InChI is InChI=1S/C16H12Cl2O5/c17-11-6-5-10(7-12(11)18)14(20)8-23-16(21)9-22-15-4-2-1-3-13(15)19/h1-7,19H,8-9H2. The Morgan fingerprint density at radius 2 is 1.74 bits per heavy atom. The number of ether oxygens (including phenoxy) is 2. The van der Waals surface area contributed by atoms with E-state index in [-0.39, 0.29) is 22.1 Å². The fourth-order valence-corrected chi connectivity index (χ4v) is 1.95. The summed E-state index contributed by atoms with van der Waals surface area (Å²) in [7, 11) is 0. The van der Waals surface area contributed by atoms with Crippen LogP contribution in [0.4, 0.5) is 0 Å². The van der Waals surface area contributed by atoms with Crippen molar-refractivity contribution in [3.05, 3.63) is 58.1 Å². The van der Waals surface area contributed by atoms with Crippen LogP contribution in [0.25, 0.3) is 0 Å². The topological polar surface area (TPSA) is 72.8 Å². The van der Waals surface area contributed by atoms with E-state index in [9.17, 15) is 14.7 Å². The smallest absolute Gasteiger partial charge is 0.344 e. The van der Waals surface area contributed by atoms with Crippen molar-refractivity contribution in [2.45, 2.75) is 0 Å². The van der Waals surface area contributed by atoms with Crippen molar-refractivity contribution < 1.29 is 24.2 Å². The molecule has 23 heavy (non-hydrogen) atoms. The van der Waals surface area contributed by atoms with Gasteiger partial charge in [0.2, 0.25) is 0 Å². The monoisotopic (exact) mass is 354 g/mol. The maximum absolute atomic E-state index is 11.9. The summed E-state index contributed by atoms with van der Waals surface area (Å²) in [6.07, 6.45) is 0. The molecule has 0 amide bonds. The van der Waals surface area contributed by atoms with Gasteiger partial charge < -0.3 is 14.6 Å². The van der Waals surface area contributed by atoms with Gasteiger partial charge in [0.05, 0.1) is 10.0 Å². The highest BCUT2D eigenvalue weighted by molar-refractivity contribution is 6.42. The number of halogens is 2. The third kappa shape index (κ3) is 4.87. The van der Waals surface area contributed by atoms with Crippen LogP contribution in [0.2, 0.25) is 10.0 Å². The zero-order chi connectivity index (χ0) is 16.8. The summed E-state index contributed by atoms with van der Waals surface area (Å²) in [5, 5.41) is 10.1. The highest BCUT2D eigenvalue weighted by atomic mass is 35.5. The van der Waals surface area contributed by atoms with E-state index in [1.54, 1.807) is 12.1 Å². The van der Waals surface area contributed by atoms with Crippen LogP contribution in [0.15, 0.2) is 42.5 Å². The Hall–Kier alpha value is -2.24. The number of ketones is 1. The number of phenols is 1. The lowest BCUT2D eigenvalue weighted by Crippen LogP contribution is -2.19. The van der Waals surface area contributed by atoms with Crippen LogP contribution in [0.3, 0.4) is 0 Å². The van der Waals surface area contributed by atoms with Gasteiger partial charge in [-0.1, -0.05) is 35.3 Å². The maximum atomic E-state index is 11.9. The number of rotatable bonds is 6. The van der Waals surface area contributed by atoms with Crippen molar-refractivity contribution in [1.82, 2.24) is 0 Å². The normalized spacial score (nSPS) is 10.2. The molecule has 0 aliphatic rings. The molecule has 2 rings (SSSR count). The lowest BCUT2D eigenvalue weighted by Gasteiger charge is -2.08. The molecule has 0 saturated heterocycles. The van der Waals surface area contributed by atoms with Crippen molar-refractivity contribution in [2.24, 2.45) is 0 Å². The molecule has 0 atom stereocenters. The fraction of sp³-hybridized carbons (Fsp3) is 0.125. The minimum Gasteiger partial charge on any atom is -0.504 e.